The van der Waals surface area contributed by atoms with Crippen molar-refractivity contribution in [1.82, 2.24) is 20.1 Å². The molecule has 0 spiro atoms. The summed E-state index contributed by atoms with van der Waals surface area (Å²) in [6.07, 6.45) is -4.51. The second-order valence-corrected chi connectivity index (χ2v) is 5.74. The second-order valence-electron chi connectivity index (χ2n) is 5.74. The predicted octanol–water partition coefficient (Wildman–Crippen LogP) is 2.48. The van der Waals surface area contributed by atoms with E-state index in [9.17, 15) is 22.8 Å². The molecule has 2 heterocycles. The molecule has 1 amide bonds. The van der Waals surface area contributed by atoms with E-state index in [1.165, 1.54) is 17.7 Å². The quantitative estimate of drug-likeness (QED) is 0.746. The summed E-state index contributed by atoms with van der Waals surface area (Å²) in [5, 5.41) is 6.69. The number of carbonyl (C=O) groups is 1. The summed E-state index contributed by atoms with van der Waals surface area (Å²) in [6, 6.07) is 9.00. The number of nitrogens with zero attached hydrogens (tertiary/aromatic N) is 2. The Morgan fingerprint density at radius 1 is 1.27 bits per heavy atom. The van der Waals surface area contributed by atoms with Crippen molar-refractivity contribution < 1.29 is 18.0 Å². The lowest BCUT2D eigenvalue weighted by molar-refractivity contribution is -0.141. The van der Waals surface area contributed by atoms with E-state index in [2.05, 4.69) is 15.4 Å². The van der Waals surface area contributed by atoms with Crippen molar-refractivity contribution in [3.63, 3.8) is 0 Å². The first-order valence-corrected chi connectivity index (χ1v) is 7.77. The van der Waals surface area contributed by atoms with Gasteiger partial charge >= 0.3 is 6.18 Å². The number of amides is 1. The maximum atomic E-state index is 12.7. The number of rotatable bonds is 4. The first kappa shape index (κ1) is 17.7. The van der Waals surface area contributed by atoms with Gasteiger partial charge in [-0.25, -0.2) is 0 Å². The number of hydrogen-bond donors (Lipinski definition) is 2. The van der Waals surface area contributed by atoms with Crippen LogP contribution in [0.3, 0.4) is 0 Å². The van der Waals surface area contributed by atoms with E-state index < -0.39 is 23.3 Å². The highest BCUT2D eigenvalue weighted by Crippen LogP contribution is 2.28. The van der Waals surface area contributed by atoms with Crippen molar-refractivity contribution in [3.8, 4) is 0 Å². The molecule has 0 bridgehead atoms. The molecule has 0 aliphatic heterocycles. The highest BCUT2D eigenvalue weighted by Gasteiger charge is 2.34. The number of benzene rings is 1. The van der Waals surface area contributed by atoms with Crippen LogP contribution < -0.4 is 10.9 Å². The Morgan fingerprint density at radius 2 is 2.00 bits per heavy atom. The minimum Gasteiger partial charge on any atom is -0.350 e. The van der Waals surface area contributed by atoms with E-state index in [0.29, 0.717) is 16.6 Å². The monoisotopic (exact) mass is 364 g/mol. The smallest absolute Gasteiger partial charge is 0.350 e. The molecule has 0 atom stereocenters. The van der Waals surface area contributed by atoms with Gasteiger partial charge in [-0.2, -0.15) is 18.3 Å². The fourth-order valence-corrected chi connectivity index (χ4v) is 2.64. The Labute approximate surface area is 145 Å². The molecular formula is C17H15F3N4O2. The number of aryl methyl sites for hydroxylation is 1. The predicted molar refractivity (Wildman–Crippen MR) is 88.9 cm³/mol. The number of alkyl halides is 3. The van der Waals surface area contributed by atoms with Crippen LogP contribution in [0.2, 0.25) is 0 Å². The van der Waals surface area contributed by atoms with Crippen LogP contribution in [0.5, 0.6) is 0 Å². The van der Waals surface area contributed by atoms with Crippen LogP contribution in [0, 0.1) is 6.92 Å². The summed E-state index contributed by atoms with van der Waals surface area (Å²) < 4.78 is 39.2. The molecule has 3 aromatic rings. The van der Waals surface area contributed by atoms with Gasteiger partial charge in [-0.15, -0.1) is 0 Å². The molecule has 0 saturated carbocycles. The number of aromatic nitrogens is 3. The number of nitrogens with one attached hydrogen (secondary N) is 2. The molecule has 0 saturated heterocycles. The van der Waals surface area contributed by atoms with Crippen molar-refractivity contribution in [3.05, 3.63) is 63.7 Å². The molecule has 9 heteroatoms. The van der Waals surface area contributed by atoms with Gasteiger partial charge in [-0.1, -0.05) is 18.2 Å². The molecule has 136 valence electrons. The maximum absolute atomic E-state index is 12.7. The minimum atomic E-state index is -4.51. The lowest BCUT2D eigenvalue weighted by Gasteiger charge is -2.09. The zero-order valence-electron chi connectivity index (χ0n) is 13.7. The van der Waals surface area contributed by atoms with Gasteiger partial charge in [-0.05, 0) is 19.1 Å². The Hall–Kier alpha value is -3.10. The van der Waals surface area contributed by atoms with Crippen LogP contribution in [-0.2, 0) is 12.7 Å². The van der Waals surface area contributed by atoms with Crippen LogP contribution in [-0.4, -0.2) is 27.2 Å². The van der Waals surface area contributed by atoms with E-state index in [4.69, 9.17) is 0 Å². The molecule has 6 nitrogen and oxygen atoms in total. The van der Waals surface area contributed by atoms with Crippen molar-refractivity contribution >= 4 is 16.8 Å². The molecule has 0 fully saturated rings. The number of aromatic amines is 1. The molecule has 1 aromatic carbocycles. The standard InChI is InChI=1S/C17H15F3N4O2/c1-10-8-14(17(18,19)20)23-24(10)7-6-21-16(26)12-9-15(25)22-13-5-3-2-4-11(12)13/h2-5,8-9H,6-7H2,1H3,(H,21,26)(H,22,25). The summed E-state index contributed by atoms with van der Waals surface area (Å²) in [4.78, 5) is 26.7. The Morgan fingerprint density at radius 3 is 2.69 bits per heavy atom. The lowest BCUT2D eigenvalue weighted by atomic mass is 10.1. The number of carbonyl (C=O) groups excluding carboxylic acids is 1. The largest absolute Gasteiger partial charge is 0.435 e. The Bertz CT molecular complexity index is 1020. The van der Waals surface area contributed by atoms with Crippen LogP contribution in [0.4, 0.5) is 13.2 Å². The third-order valence-corrected chi connectivity index (χ3v) is 3.88. The topological polar surface area (TPSA) is 79.8 Å². The molecule has 0 radical (unpaired) electrons. The molecular weight excluding hydrogens is 349 g/mol. The summed E-state index contributed by atoms with van der Waals surface area (Å²) in [5.74, 6) is -0.479. The maximum Gasteiger partial charge on any atom is 0.435 e. The minimum absolute atomic E-state index is 0.0692. The van der Waals surface area contributed by atoms with Crippen LogP contribution in [0.15, 0.2) is 41.2 Å². The first-order valence-electron chi connectivity index (χ1n) is 7.77. The molecule has 26 heavy (non-hydrogen) atoms. The molecule has 0 aliphatic carbocycles. The number of hydrogen-bond acceptors (Lipinski definition) is 3. The van der Waals surface area contributed by atoms with Crippen LogP contribution >= 0.6 is 0 Å². The number of halogens is 3. The third kappa shape index (κ3) is 3.61. The molecule has 2 N–H and O–H groups in total. The van der Waals surface area contributed by atoms with Crippen molar-refractivity contribution in [2.24, 2.45) is 0 Å². The van der Waals surface area contributed by atoms with Gasteiger partial charge in [0.2, 0.25) is 5.56 Å². The molecule has 0 aliphatic rings. The summed E-state index contributed by atoms with van der Waals surface area (Å²) >= 11 is 0. The van der Waals surface area contributed by atoms with Gasteiger partial charge in [-0.3, -0.25) is 14.3 Å². The zero-order valence-corrected chi connectivity index (χ0v) is 13.7. The fourth-order valence-electron chi connectivity index (χ4n) is 2.64. The van der Waals surface area contributed by atoms with Gasteiger partial charge in [0, 0.05) is 29.2 Å². The van der Waals surface area contributed by atoms with Gasteiger partial charge in [0.15, 0.2) is 5.69 Å². The van der Waals surface area contributed by atoms with E-state index in [1.54, 1.807) is 24.3 Å². The van der Waals surface area contributed by atoms with Gasteiger partial charge in [0.05, 0.1) is 12.1 Å². The van der Waals surface area contributed by atoms with Crippen LogP contribution in [0.25, 0.3) is 10.9 Å². The highest BCUT2D eigenvalue weighted by molar-refractivity contribution is 6.05. The molecule has 0 unspecified atom stereocenters. The summed E-state index contributed by atoms with van der Waals surface area (Å²) in [6.45, 7) is 1.66. The Kier molecular flexibility index (Phi) is 4.54. The zero-order chi connectivity index (χ0) is 18.9. The average molecular weight is 364 g/mol. The summed E-state index contributed by atoms with van der Waals surface area (Å²) in [5.41, 5.74) is -0.304. The number of para-hydroxylation sites is 1. The summed E-state index contributed by atoms with van der Waals surface area (Å²) in [7, 11) is 0. The second kappa shape index (κ2) is 6.66. The van der Waals surface area contributed by atoms with Gasteiger partial charge in [0.1, 0.15) is 0 Å². The number of H-pyrrole nitrogens is 1. The number of pyridine rings is 1. The third-order valence-electron chi connectivity index (χ3n) is 3.88. The van der Waals surface area contributed by atoms with E-state index >= 15 is 0 Å². The van der Waals surface area contributed by atoms with Gasteiger partial charge < -0.3 is 10.3 Å². The van der Waals surface area contributed by atoms with E-state index in [0.717, 1.165) is 6.07 Å². The first-order chi connectivity index (χ1) is 12.3. The van der Waals surface area contributed by atoms with E-state index in [1.807, 2.05) is 0 Å². The van der Waals surface area contributed by atoms with E-state index in [-0.39, 0.29) is 18.7 Å². The fraction of sp³-hybridized carbons (Fsp3) is 0.235. The normalized spacial score (nSPS) is 11.7. The SMILES string of the molecule is Cc1cc(C(F)(F)F)nn1CCNC(=O)c1cc(=O)[nH]c2ccccc12. The van der Waals surface area contributed by atoms with Crippen LogP contribution in [0.1, 0.15) is 21.7 Å². The number of fused-ring (bicyclic) bond motifs is 1. The lowest BCUT2D eigenvalue weighted by Crippen LogP contribution is -2.29. The molecule has 2 aromatic heterocycles. The van der Waals surface area contributed by atoms with Gasteiger partial charge in [0.25, 0.3) is 5.91 Å². The van der Waals surface area contributed by atoms with Crippen molar-refractivity contribution in [1.29, 1.82) is 0 Å². The van der Waals surface area contributed by atoms with Crippen molar-refractivity contribution in [2.75, 3.05) is 6.54 Å². The van der Waals surface area contributed by atoms with Crippen molar-refractivity contribution in [2.45, 2.75) is 19.6 Å². The average Bonchev–Trinajstić information content (AvgIpc) is 2.95. The highest BCUT2D eigenvalue weighted by atomic mass is 19.4. The molecule has 3 rings (SSSR count). The Balaban J connectivity index is 1.73.